The van der Waals surface area contributed by atoms with E-state index in [-0.39, 0.29) is 24.0 Å². The van der Waals surface area contributed by atoms with Crippen molar-refractivity contribution in [1.82, 2.24) is 34.1 Å². The zero-order chi connectivity index (χ0) is 24.5. The van der Waals surface area contributed by atoms with Gasteiger partial charge in [-0.3, -0.25) is 4.57 Å². The van der Waals surface area contributed by atoms with Crippen LogP contribution in [-0.2, 0) is 13.1 Å². The molecule has 3 aromatic heterocycles. The Kier molecular flexibility index (Phi) is 6.53. The van der Waals surface area contributed by atoms with Crippen LogP contribution in [0.3, 0.4) is 0 Å². The zero-order valence-electron chi connectivity index (χ0n) is 17.8. The molecule has 178 valence electrons. The predicted molar refractivity (Wildman–Crippen MR) is 116 cm³/mol. The fraction of sp³-hybridized carbons (Fsp3) is 0.286. The fourth-order valence-electron chi connectivity index (χ4n) is 3.28. The van der Waals surface area contributed by atoms with Crippen molar-refractivity contribution in [2.45, 2.75) is 38.7 Å². The van der Waals surface area contributed by atoms with Crippen molar-refractivity contribution >= 4 is 11.6 Å². The number of aromatic nitrogens is 7. The van der Waals surface area contributed by atoms with Crippen LogP contribution in [0.2, 0.25) is 5.02 Å². The molecule has 0 radical (unpaired) electrons. The molecule has 1 N–H and O–H groups in total. The Morgan fingerprint density at radius 2 is 1.85 bits per heavy atom. The number of hydrogen-bond acceptors (Lipinski definition) is 6. The number of aliphatic hydroxyl groups excluding tert-OH is 1. The third-order valence-corrected chi connectivity index (χ3v) is 5.10. The number of benzene rings is 1. The van der Waals surface area contributed by atoms with Crippen LogP contribution in [0.1, 0.15) is 31.1 Å². The van der Waals surface area contributed by atoms with Gasteiger partial charge >= 0.3 is 11.9 Å². The highest BCUT2D eigenvalue weighted by atomic mass is 35.5. The molecule has 0 saturated heterocycles. The number of alkyl halides is 3. The van der Waals surface area contributed by atoms with E-state index in [9.17, 15) is 23.1 Å². The van der Waals surface area contributed by atoms with Crippen molar-refractivity contribution in [2.75, 3.05) is 0 Å². The van der Waals surface area contributed by atoms with E-state index in [0.717, 1.165) is 9.25 Å². The number of hydrogen-bond donors (Lipinski definition) is 1. The Hall–Kier alpha value is -3.51. The van der Waals surface area contributed by atoms with E-state index in [1.807, 2.05) is 0 Å². The van der Waals surface area contributed by atoms with Gasteiger partial charge in [-0.05, 0) is 43.3 Å². The third-order valence-electron chi connectivity index (χ3n) is 4.85. The Balaban J connectivity index is 1.74. The van der Waals surface area contributed by atoms with Gasteiger partial charge in [0.15, 0.2) is 23.3 Å². The molecule has 34 heavy (non-hydrogen) atoms. The minimum absolute atomic E-state index is 0.0609. The first-order valence-corrected chi connectivity index (χ1v) is 10.6. The van der Waals surface area contributed by atoms with Crippen LogP contribution >= 0.6 is 11.6 Å². The maximum atomic E-state index is 13.0. The first kappa shape index (κ1) is 23.6. The maximum absolute atomic E-state index is 13.0. The van der Waals surface area contributed by atoms with Crippen molar-refractivity contribution in [1.29, 1.82) is 0 Å². The highest BCUT2D eigenvalue weighted by molar-refractivity contribution is 6.30. The lowest BCUT2D eigenvalue weighted by molar-refractivity contribution is -0.136. The number of rotatable bonds is 7. The summed E-state index contributed by atoms with van der Waals surface area (Å²) in [6, 6.07) is 11.4. The van der Waals surface area contributed by atoms with Crippen LogP contribution in [-0.4, -0.2) is 45.4 Å². The molecule has 9 nitrogen and oxygen atoms in total. The molecule has 13 heteroatoms. The normalized spacial score (nSPS) is 12.8. The zero-order valence-corrected chi connectivity index (χ0v) is 18.6. The quantitative estimate of drug-likeness (QED) is 0.423. The fourth-order valence-corrected chi connectivity index (χ4v) is 3.41. The van der Waals surface area contributed by atoms with Gasteiger partial charge in [0.2, 0.25) is 0 Å². The monoisotopic (exact) mass is 493 g/mol. The van der Waals surface area contributed by atoms with E-state index >= 15 is 0 Å². The second kappa shape index (κ2) is 9.39. The first-order chi connectivity index (χ1) is 16.1. The van der Waals surface area contributed by atoms with E-state index in [4.69, 9.17) is 11.6 Å². The summed E-state index contributed by atoms with van der Waals surface area (Å²) in [6.07, 6.45) is -5.09. The van der Waals surface area contributed by atoms with Gasteiger partial charge in [-0.1, -0.05) is 17.7 Å². The van der Waals surface area contributed by atoms with Crippen LogP contribution in [0, 0.1) is 0 Å². The van der Waals surface area contributed by atoms with Gasteiger partial charge in [-0.25, -0.2) is 19.4 Å². The van der Waals surface area contributed by atoms with Crippen LogP contribution < -0.4 is 5.69 Å². The van der Waals surface area contributed by atoms with E-state index in [2.05, 4.69) is 20.2 Å². The molecule has 0 spiro atoms. The summed E-state index contributed by atoms with van der Waals surface area (Å²) in [7, 11) is 0. The van der Waals surface area contributed by atoms with Gasteiger partial charge in [0, 0.05) is 23.3 Å². The highest BCUT2D eigenvalue weighted by Crippen LogP contribution is 2.23. The number of pyridine rings is 1. The number of nitrogens with zero attached hydrogens (tertiary/aromatic N) is 7. The molecular formula is C21H19ClF3N7O2. The van der Waals surface area contributed by atoms with Crippen LogP contribution in [0.15, 0.2) is 53.5 Å². The molecule has 0 aliphatic heterocycles. The SMILES string of the molecule is CC(O)c1nc(Cn2nc(-c3ccc(Cl)cc3)n(CCC(F)(F)F)c2=O)nn1-c1ccccn1. The minimum Gasteiger partial charge on any atom is -0.385 e. The Bertz CT molecular complexity index is 1330. The number of aliphatic hydroxyl groups is 1. The lowest BCUT2D eigenvalue weighted by Gasteiger charge is -2.08. The summed E-state index contributed by atoms with van der Waals surface area (Å²) in [4.78, 5) is 21.5. The molecule has 0 saturated carbocycles. The van der Waals surface area contributed by atoms with Crippen molar-refractivity contribution in [3.05, 3.63) is 75.8 Å². The maximum Gasteiger partial charge on any atom is 0.390 e. The third kappa shape index (κ3) is 5.18. The van der Waals surface area contributed by atoms with Crippen LogP contribution in [0.5, 0.6) is 0 Å². The lowest BCUT2D eigenvalue weighted by atomic mass is 10.2. The summed E-state index contributed by atoms with van der Waals surface area (Å²) in [6.45, 7) is 0.678. The van der Waals surface area contributed by atoms with Gasteiger partial charge in [0.05, 0.1) is 6.42 Å². The molecule has 4 aromatic rings. The minimum atomic E-state index is -4.45. The average Bonchev–Trinajstić information content (AvgIpc) is 3.35. The van der Waals surface area contributed by atoms with Gasteiger partial charge in [0.1, 0.15) is 12.6 Å². The Morgan fingerprint density at radius 1 is 1.12 bits per heavy atom. The molecule has 0 aliphatic rings. The van der Waals surface area contributed by atoms with E-state index in [1.165, 1.54) is 11.6 Å². The van der Waals surface area contributed by atoms with Gasteiger partial charge in [-0.2, -0.15) is 17.9 Å². The molecule has 1 unspecified atom stereocenters. The summed E-state index contributed by atoms with van der Waals surface area (Å²) >= 11 is 5.91. The Morgan fingerprint density at radius 3 is 2.47 bits per heavy atom. The first-order valence-electron chi connectivity index (χ1n) is 10.2. The van der Waals surface area contributed by atoms with Crippen molar-refractivity contribution in [3.63, 3.8) is 0 Å². The predicted octanol–water partition coefficient (Wildman–Crippen LogP) is 3.39. The summed E-state index contributed by atoms with van der Waals surface area (Å²) in [5.74, 6) is 0.788. The van der Waals surface area contributed by atoms with E-state index in [0.29, 0.717) is 16.4 Å². The molecule has 4 rings (SSSR count). The summed E-state index contributed by atoms with van der Waals surface area (Å²) < 4.78 is 41.9. The van der Waals surface area contributed by atoms with Crippen LogP contribution in [0.4, 0.5) is 13.2 Å². The molecule has 0 aliphatic carbocycles. The Labute approximate surface area is 196 Å². The van der Waals surface area contributed by atoms with E-state index < -0.39 is 30.9 Å². The summed E-state index contributed by atoms with van der Waals surface area (Å²) in [5.41, 5.74) is -0.318. The van der Waals surface area contributed by atoms with E-state index in [1.54, 1.807) is 48.7 Å². The highest BCUT2D eigenvalue weighted by Gasteiger charge is 2.29. The number of halogens is 4. The van der Waals surface area contributed by atoms with Crippen LogP contribution in [0.25, 0.3) is 17.2 Å². The van der Waals surface area contributed by atoms with Gasteiger partial charge < -0.3 is 5.11 Å². The molecular weight excluding hydrogens is 475 g/mol. The molecule has 0 amide bonds. The summed E-state index contributed by atoms with van der Waals surface area (Å²) in [5, 5.41) is 19.1. The second-order valence-electron chi connectivity index (χ2n) is 7.45. The topological polar surface area (TPSA) is 104 Å². The van der Waals surface area contributed by atoms with Gasteiger partial charge in [-0.15, -0.1) is 10.2 Å². The van der Waals surface area contributed by atoms with Gasteiger partial charge in [0.25, 0.3) is 0 Å². The molecule has 1 aromatic carbocycles. The second-order valence-corrected chi connectivity index (χ2v) is 7.89. The van der Waals surface area contributed by atoms with Crippen molar-refractivity contribution in [2.24, 2.45) is 0 Å². The molecule has 3 heterocycles. The van der Waals surface area contributed by atoms with Crippen molar-refractivity contribution < 1.29 is 18.3 Å². The molecule has 0 bridgehead atoms. The standard InChI is InChI=1S/C21H19ClF3N7O2/c1-13(33)18-27-16(28-32(18)17-4-2-3-10-26-17)12-31-20(34)30(11-9-21(23,24)25)19(29-31)14-5-7-15(22)8-6-14/h2-8,10,13,33H,9,11-12H2,1H3. The smallest absolute Gasteiger partial charge is 0.385 e. The average molecular weight is 494 g/mol. The molecule has 1 atom stereocenters. The van der Waals surface area contributed by atoms with Crippen molar-refractivity contribution in [3.8, 4) is 17.2 Å². The molecule has 0 fully saturated rings. The lowest BCUT2D eigenvalue weighted by Crippen LogP contribution is -2.27. The largest absolute Gasteiger partial charge is 0.390 e.